The van der Waals surface area contributed by atoms with Crippen LogP contribution in [0.4, 0.5) is 0 Å². The molecular formula is C14H19N5O. The number of carbonyl (C=O) groups excluding carboxylic acids is 1. The summed E-state index contributed by atoms with van der Waals surface area (Å²) in [4.78, 5) is 21.2. The molecule has 0 radical (unpaired) electrons. The van der Waals surface area contributed by atoms with Crippen LogP contribution in [-0.4, -0.2) is 63.5 Å². The summed E-state index contributed by atoms with van der Waals surface area (Å²) in [6, 6.07) is 1.96. The summed E-state index contributed by atoms with van der Waals surface area (Å²) in [6.45, 7) is 7.25. The molecule has 1 saturated heterocycles. The number of amides is 1. The van der Waals surface area contributed by atoms with E-state index in [2.05, 4.69) is 22.0 Å². The van der Waals surface area contributed by atoms with E-state index < -0.39 is 0 Å². The van der Waals surface area contributed by atoms with E-state index in [0.717, 1.165) is 37.6 Å². The predicted molar refractivity (Wildman–Crippen MR) is 75.9 cm³/mol. The van der Waals surface area contributed by atoms with Crippen LogP contribution in [0, 0.1) is 13.8 Å². The zero-order valence-corrected chi connectivity index (χ0v) is 12.1. The maximum atomic E-state index is 12.6. The van der Waals surface area contributed by atoms with Crippen LogP contribution < -0.4 is 0 Å². The Morgan fingerprint density at radius 1 is 1.20 bits per heavy atom. The number of likely N-dealkylation sites (N-methyl/N-ethyl adjacent to an activating group) is 1. The maximum Gasteiger partial charge on any atom is 0.259 e. The van der Waals surface area contributed by atoms with Gasteiger partial charge in [0.2, 0.25) is 0 Å². The number of aryl methyl sites for hydroxylation is 2. The molecule has 0 aliphatic carbocycles. The van der Waals surface area contributed by atoms with Crippen LogP contribution in [0.5, 0.6) is 0 Å². The van der Waals surface area contributed by atoms with Gasteiger partial charge < -0.3 is 9.80 Å². The molecule has 0 atom stereocenters. The fraction of sp³-hybridized carbons (Fsp3) is 0.500. The lowest BCUT2D eigenvalue weighted by molar-refractivity contribution is 0.0666. The quantitative estimate of drug-likeness (QED) is 0.769. The fourth-order valence-corrected chi connectivity index (χ4v) is 2.60. The molecule has 1 amide bonds. The first-order chi connectivity index (χ1) is 9.56. The van der Waals surface area contributed by atoms with Crippen LogP contribution >= 0.6 is 0 Å². The molecule has 1 aliphatic heterocycles. The van der Waals surface area contributed by atoms with Gasteiger partial charge in [0, 0.05) is 37.6 Å². The van der Waals surface area contributed by atoms with Gasteiger partial charge in [0.05, 0.1) is 6.20 Å². The van der Waals surface area contributed by atoms with Crippen LogP contribution in [0.1, 0.15) is 21.7 Å². The lowest BCUT2D eigenvalue weighted by Crippen LogP contribution is -2.47. The van der Waals surface area contributed by atoms with Gasteiger partial charge in [0.15, 0.2) is 5.65 Å². The van der Waals surface area contributed by atoms with Crippen molar-refractivity contribution in [2.45, 2.75) is 13.8 Å². The minimum absolute atomic E-state index is 0.0330. The van der Waals surface area contributed by atoms with Gasteiger partial charge in [-0.25, -0.2) is 9.50 Å². The van der Waals surface area contributed by atoms with Gasteiger partial charge in [-0.3, -0.25) is 4.79 Å². The number of rotatable bonds is 1. The second-order valence-electron chi connectivity index (χ2n) is 5.43. The van der Waals surface area contributed by atoms with Gasteiger partial charge in [-0.05, 0) is 27.0 Å². The van der Waals surface area contributed by atoms with Gasteiger partial charge in [-0.2, -0.15) is 5.10 Å². The molecule has 3 rings (SSSR count). The number of hydrogen-bond acceptors (Lipinski definition) is 4. The first kappa shape index (κ1) is 13.1. The highest BCUT2D eigenvalue weighted by molar-refractivity contribution is 5.99. The Morgan fingerprint density at radius 2 is 1.90 bits per heavy atom. The second-order valence-corrected chi connectivity index (χ2v) is 5.43. The third-order valence-corrected chi connectivity index (χ3v) is 3.80. The molecular weight excluding hydrogens is 254 g/mol. The summed E-state index contributed by atoms with van der Waals surface area (Å²) in [5, 5.41) is 4.29. The Morgan fingerprint density at radius 3 is 2.60 bits per heavy atom. The molecule has 0 saturated carbocycles. The average Bonchev–Trinajstić information content (AvgIpc) is 2.82. The SMILES string of the molecule is Cc1cc(C)n2ncc(C(=O)N3CCN(C)CC3)c2n1. The highest BCUT2D eigenvalue weighted by Gasteiger charge is 2.24. The molecule has 6 nitrogen and oxygen atoms in total. The monoisotopic (exact) mass is 273 g/mol. The van der Waals surface area contributed by atoms with Gasteiger partial charge in [-0.15, -0.1) is 0 Å². The fourth-order valence-electron chi connectivity index (χ4n) is 2.60. The average molecular weight is 273 g/mol. The molecule has 106 valence electrons. The van der Waals surface area contributed by atoms with E-state index in [1.54, 1.807) is 10.7 Å². The summed E-state index contributed by atoms with van der Waals surface area (Å²) in [5.41, 5.74) is 3.15. The number of carbonyl (C=O) groups is 1. The maximum absolute atomic E-state index is 12.6. The van der Waals surface area contributed by atoms with Crippen LogP contribution in [-0.2, 0) is 0 Å². The molecule has 0 spiro atoms. The number of nitrogens with zero attached hydrogens (tertiary/aromatic N) is 5. The molecule has 6 heteroatoms. The van der Waals surface area contributed by atoms with Crippen molar-refractivity contribution in [2.75, 3.05) is 33.2 Å². The zero-order valence-electron chi connectivity index (χ0n) is 12.1. The molecule has 20 heavy (non-hydrogen) atoms. The van der Waals surface area contributed by atoms with Crippen molar-refractivity contribution >= 4 is 11.6 Å². The van der Waals surface area contributed by atoms with E-state index in [9.17, 15) is 4.79 Å². The van der Waals surface area contributed by atoms with E-state index in [0.29, 0.717) is 11.2 Å². The first-order valence-electron chi connectivity index (χ1n) is 6.86. The Labute approximate surface area is 118 Å². The summed E-state index contributed by atoms with van der Waals surface area (Å²) in [5.74, 6) is 0.0330. The Bertz CT molecular complexity index is 655. The van der Waals surface area contributed by atoms with Crippen LogP contribution in [0.3, 0.4) is 0 Å². The van der Waals surface area contributed by atoms with Crippen molar-refractivity contribution < 1.29 is 4.79 Å². The minimum atomic E-state index is 0.0330. The van der Waals surface area contributed by atoms with Gasteiger partial charge >= 0.3 is 0 Å². The highest BCUT2D eigenvalue weighted by Crippen LogP contribution is 2.15. The van der Waals surface area contributed by atoms with E-state index >= 15 is 0 Å². The zero-order chi connectivity index (χ0) is 14.3. The summed E-state index contributed by atoms with van der Waals surface area (Å²) in [7, 11) is 2.07. The largest absolute Gasteiger partial charge is 0.336 e. The molecule has 2 aromatic rings. The standard InChI is InChI=1S/C14H19N5O/c1-10-8-11(2)19-13(16-10)12(9-15-19)14(20)18-6-4-17(3)5-7-18/h8-9H,4-7H2,1-3H3. The second kappa shape index (κ2) is 4.86. The van der Waals surface area contributed by atoms with Crippen molar-refractivity contribution in [3.05, 3.63) is 29.2 Å². The van der Waals surface area contributed by atoms with Crippen molar-refractivity contribution in [1.29, 1.82) is 0 Å². The van der Waals surface area contributed by atoms with E-state index in [1.165, 1.54) is 0 Å². The molecule has 0 aromatic carbocycles. The number of fused-ring (bicyclic) bond motifs is 1. The normalized spacial score (nSPS) is 16.9. The molecule has 0 unspecified atom stereocenters. The summed E-state index contributed by atoms with van der Waals surface area (Å²) < 4.78 is 1.73. The van der Waals surface area contributed by atoms with E-state index in [1.807, 2.05) is 24.8 Å². The number of piperazine rings is 1. The lowest BCUT2D eigenvalue weighted by atomic mass is 10.2. The Hall–Kier alpha value is -1.95. The first-order valence-corrected chi connectivity index (χ1v) is 6.86. The molecule has 0 bridgehead atoms. The topological polar surface area (TPSA) is 53.7 Å². The number of hydrogen-bond donors (Lipinski definition) is 0. The number of aromatic nitrogens is 3. The third kappa shape index (κ3) is 2.16. The molecule has 3 heterocycles. The molecule has 2 aromatic heterocycles. The Balaban J connectivity index is 1.96. The van der Waals surface area contributed by atoms with Crippen molar-refractivity contribution in [1.82, 2.24) is 24.4 Å². The smallest absolute Gasteiger partial charge is 0.259 e. The predicted octanol–water partition coefficient (Wildman–Crippen LogP) is 0.734. The summed E-state index contributed by atoms with van der Waals surface area (Å²) in [6.07, 6.45) is 1.63. The van der Waals surface area contributed by atoms with Crippen molar-refractivity contribution in [3.63, 3.8) is 0 Å². The highest BCUT2D eigenvalue weighted by atomic mass is 16.2. The van der Waals surface area contributed by atoms with E-state index in [-0.39, 0.29) is 5.91 Å². The Kier molecular flexibility index (Phi) is 3.17. The van der Waals surface area contributed by atoms with Crippen LogP contribution in [0.15, 0.2) is 12.3 Å². The third-order valence-electron chi connectivity index (χ3n) is 3.80. The molecule has 1 fully saturated rings. The molecule has 0 N–H and O–H groups in total. The summed E-state index contributed by atoms with van der Waals surface area (Å²) >= 11 is 0. The van der Waals surface area contributed by atoms with Crippen LogP contribution in [0.25, 0.3) is 5.65 Å². The van der Waals surface area contributed by atoms with Gasteiger partial charge in [0.1, 0.15) is 5.56 Å². The lowest BCUT2D eigenvalue weighted by Gasteiger charge is -2.32. The van der Waals surface area contributed by atoms with E-state index in [4.69, 9.17) is 0 Å². The van der Waals surface area contributed by atoms with Crippen molar-refractivity contribution in [3.8, 4) is 0 Å². The van der Waals surface area contributed by atoms with Crippen LogP contribution in [0.2, 0.25) is 0 Å². The molecule has 1 aliphatic rings. The van der Waals surface area contributed by atoms with Crippen molar-refractivity contribution in [2.24, 2.45) is 0 Å². The van der Waals surface area contributed by atoms with Gasteiger partial charge in [0.25, 0.3) is 5.91 Å². The van der Waals surface area contributed by atoms with Gasteiger partial charge in [-0.1, -0.05) is 0 Å². The minimum Gasteiger partial charge on any atom is -0.336 e.